The highest BCUT2D eigenvalue weighted by atomic mass is 16.5. The number of aliphatic hydroxyl groups excluding tert-OH is 1. The van der Waals surface area contributed by atoms with E-state index in [4.69, 9.17) is 4.74 Å². The summed E-state index contributed by atoms with van der Waals surface area (Å²) in [5, 5.41) is 9.23. The van der Waals surface area contributed by atoms with E-state index in [2.05, 4.69) is 26.0 Å². The maximum Gasteiger partial charge on any atom is 0.119 e. The van der Waals surface area contributed by atoms with Gasteiger partial charge in [-0.25, -0.2) is 0 Å². The van der Waals surface area contributed by atoms with Gasteiger partial charge in [0.1, 0.15) is 5.75 Å². The molecule has 0 aliphatic heterocycles. The molecule has 0 aliphatic carbocycles. The second-order valence-electron chi connectivity index (χ2n) is 5.42. The highest BCUT2D eigenvalue weighted by molar-refractivity contribution is 5.27. The van der Waals surface area contributed by atoms with Gasteiger partial charge in [0, 0.05) is 0 Å². The molecule has 0 aliphatic rings. The number of aliphatic hydroxyl groups is 1. The Kier molecular flexibility index (Phi) is 6.81. The van der Waals surface area contributed by atoms with Gasteiger partial charge >= 0.3 is 0 Å². The average molecular weight is 250 g/mol. The van der Waals surface area contributed by atoms with Crippen LogP contribution in [-0.4, -0.2) is 17.8 Å². The standard InChI is InChI=1S/C16H26O2/c1-13(2)5-4-12-18-16-10-8-15(9-11-16)7-6-14(3)17/h8-11,13-14,17H,4-7,12H2,1-3H3. The molecular formula is C16H26O2. The Hall–Kier alpha value is -1.02. The average Bonchev–Trinajstić information content (AvgIpc) is 2.33. The van der Waals surface area contributed by atoms with Crippen molar-refractivity contribution in [2.45, 2.75) is 52.6 Å². The molecule has 0 aromatic heterocycles. The van der Waals surface area contributed by atoms with Gasteiger partial charge < -0.3 is 9.84 Å². The molecule has 0 amide bonds. The van der Waals surface area contributed by atoms with Crippen LogP contribution in [0.15, 0.2) is 24.3 Å². The van der Waals surface area contributed by atoms with Gasteiger partial charge in [-0.05, 0) is 56.2 Å². The Morgan fingerprint density at radius 3 is 2.28 bits per heavy atom. The molecule has 0 saturated heterocycles. The molecule has 1 aromatic carbocycles. The summed E-state index contributed by atoms with van der Waals surface area (Å²) in [4.78, 5) is 0. The number of hydrogen-bond acceptors (Lipinski definition) is 2. The van der Waals surface area contributed by atoms with Gasteiger partial charge in [-0.1, -0.05) is 26.0 Å². The van der Waals surface area contributed by atoms with Crippen molar-refractivity contribution in [3.8, 4) is 5.75 Å². The molecule has 0 saturated carbocycles. The van der Waals surface area contributed by atoms with Crippen LogP contribution in [-0.2, 0) is 6.42 Å². The number of benzene rings is 1. The lowest BCUT2D eigenvalue weighted by Crippen LogP contribution is -2.02. The third-order valence-corrected chi connectivity index (χ3v) is 2.97. The van der Waals surface area contributed by atoms with Crippen LogP contribution in [0.25, 0.3) is 0 Å². The molecule has 0 heterocycles. The van der Waals surface area contributed by atoms with Gasteiger partial charge in [0.2, 0.25) is 0 Å². The van der Waals surface area contributed by atoms with Crippen LogP contribution in [0.1, 0.15) is 45.6 Å². The molecule has 1 aromatic rings. The van der Waals surface area contributed by atoms with Crippen molar-refractivity contribution in [2.75, 3.05) is 6.61 Å². The molecule has 0 radical (unpaired) electrons. The number of aryl methyl sites for hydroxylation is 1. The van der Waals surface area contributed by atoms with E-state index in [9.17, 15) is 5.11 Å². The van der Waals surface area contributed by atoms with E-state index in [1.165, 1.54) is 12.0 Å². The van der Waals surface area contributed by atoms with Gasteiger partial charge in [0.05, 0.1) is 12.7 Å². The lowest BCUT2D eigenvalue weighted by atomic mass is 10.1. The molecule has 2 heteroatoms. The number of hydrogen-bond donors (Lipinski definition) is 1. The van der Waals surface area contributed by atoms with E-state index >= 15 is 0 Å². The Morgan fingerprint density at radius 1 is 1.06 bits per heavy atom. The minimum Gasteiger partial charge on any atom is -0.494 e. The third kappa shape index (κ3) is 6.65. The van der Waals surface area contributed by atoms with Crippen LogP contribution in [0, 0.1) is 5.92 Å². The van der Waals surface area contributed by atoms with Gasteiger partial charge in [0.25, 0.3) is 0 Å². The Bertz CT molecular complexity index is 314. The lowest BCUT2D eigenvalue weighted by molar-refractivity contribution is 0.185. The zero-order chi connectivity index (χ0) is 13.4. The van der Waals surface area contributed by atoms with Gasteiger partial charge in [-0.2, -0.15) is 0 Å². The summed E-state index contributed by atoms with van der Waals surface area (Å²) in [5.74, 6) is 1.69. The van der Waals surface area contributed by atoms with Crippen molar-refractivity contribution in [2.24, 2.45) is 5.92 Å². The largest absolute Gasteiger partial charge is 0.494 e. The van der Waals surface area contributed by atoms with Crippen LogP contribution < -0.4 is 4.74 Å². The summed E-state index contributed by atoms with van der Waals surface area (Å²) in [5.41, 5.74) is 1.26. The SMILES string of the molecule is CC(C)CCCOc1ccc(CCC(C)O)cc1. The molecule has 1 unspecified atom stereocenters. The van der Waals surface area contributed by atoms with Crippen molar-refractivity contribution >= 4 is 0 Å². The highest BCUT2D eigenvalue weighted by Crippen LogP contribution is 2.15. The van der Waals surface area contributed by atoms with Crippen molar-refractivity contribution in [3.05, 3.63) is 29.8 Å². The first-order valence-corrected chi connectivity index (χ1v) is 6.97. The first kappa shape index (κ1) is 15.0. The second kappa shape index (κ2) is 8.15. The molecule has 1 N–H and O–H groups in total. The zero-order valence-corrected chi connectivity index (χ0v) is 11.9. The zero-order valence-electron chi connectivity index (χ0n) is 11.9. The molecular weight excluding hydrogens is 224 g/mol. The van der Waals surface area contributed by atoms with Gasteiger partial charge in [0.15, 0.2) is 0 Å². The molecule has 1 atom stereocenters. The molecule has 1 rings (SSSR count). The van der Waals surface area contributed by atoms with Gasteiger partial charge in [-0.15, -0.1) is 0 Å². The minimum absolute atomic E-state index is 0.225. The molecule has 0 fully saturated rings. The van der Waals surface area contributed by atoms with Crippen molar-refractivity contribution in [1.29, 1.82) is 0 Å². The molecule has 18 heavy (non-hydrogen) atoms. The number of ether oxygens (including phenoxy) is 1. The summed E-state index contributed by atoms with van der Waals surface area (Å²) in [6, 6.07) is 8.21. The fourth-order valence-electron chi connectivity index (χ4n) is 1.81. The summed E-state index contributed by atoms with van der Waals surface area (Å²) >= 11 is 0. The maximum atomic E-state index is 9.23. The topological polar surface area (TPSA) is 29.5 Å². The highest BCUT2D eigenvalue weighted by Gasteiger charge is 2.00. The van der Waals surface area contributed by atoms with E-state index in [1.807, 2.05) is 19.1 Å². The fraction of sp³-hybridized carbons (Fsp3) is 0.625. The predicted molar refractivity (Wildman–Crippen MR) is 76.0 cm³/mol. The van der Waals surface area contributed by atoms with Crippen LogP contribution in [0.3, 0.4) is 0 Å². The minimum atomic E-state index is -0.225. The van der Waals surface area contributed by atoms with E-state index < -0.39 is 0 Å². The van der Waals surface area contributed by atoms with E-state index in [1.54, 1.807) is 0 Å². The summed E-state index contributed by atoms with van der Waals surface area (Å²) in [6.45, 7) is 7.09. The van der Waals surface area contributed by atoms with Crippen molar-refractivity contribution in [3.63, 3.8) is 0 Å². The van der Waals surface area contributed by atoms with Gasteiger partial charge in [-0.3, -0.25) is 0 Å². The normalized spacial score (nSPS) is 12.7. The smallest absolute Gasteiger partial charge is 0.119 e. The van der Waals surface area contributed by atoms with Crippen LogP contribution in [0.4, 0.5) is 0 Å². The molecule has 102 valence electrons. The fourth-order valence-corrected chi connectivity index (χ4v) is 1.81. The molecule has 0 bridgehead atoms. The van der Waals surface area contributed by atoms with Crippen LogP contribution in [0.5, 0.6) is 5.75 Å². The van der Waals surface area contributed by atoms with E-state index in [-0.39, 0.29) is 6.10 Å². The van der Waals surface area contributed by atoms with E-state index in [0.29, 0.717) is 0 Å². The maximum absolute atomic E-state index is 9.23. The Balaban J connectivity index is 2.27. The Morgan fingerprint density at radius 2 is 1.72 bits per heavy atom. The monoisotopic (exact) mass is 250 g/mol. The number of rotatable bonds is 8. The molecule has 2 nitrogen and oxygen atoms in total. The Labute approximate surface area is 111 Å². The summed E-state index contributed by atoms with van der Waals surface area (Å²) in [6.07, 6.45) is 3.84. The van der Waals surface area contributed by atoms with Crippen LogP contribution in [0.2, 0.25) is 0 Å². The molecule has 0 spiro atoms. The van der Waals surface area contributed by atoms with Crippen molar-refractivity contribution < 1.29 is 9.84 Å². The summed E-state index contributed by atoms with van der Waals surface area (Å²) < 4.78 is 5.69. The summed E-state index contributed by atoms with van der Waals surface area (Å²) in [7, 11) is 0. The van der Waals surface area contributed by atoms with Crippen molar-refractivity contribution in [1.82, 2.24) is 0 Å². The lowest BCUT2D eigenvalue weighted by Gasteiger charge is -2.09. The van der Waals surface area contributed by atoms with Crippen LogP contribution >= 0.6 is 0 Å². The predicted octanol–water partition coefficient (Wildman–Crippen LogP) is 3.82. The first-order valence-electron chi connectivity index (χ1n) is 6.97. The third-order valence-electron chi connectivity index (χ3n) is 2.97. The first-order chi connectivity index (χ1) is 8.58. The second-order valence-corrected chi connectivity index (χ2v) is 5.42. The van der Waals surface area contributed by atoms with E-state index in [0.717, 1.165) is 37.5 Å². The quantitative estimate of drug-likeness (QED) is 0.711.